The average molecular weight is 544 g/mol. The molecule has 0 aromatic heterocycles. The minimum absolute atomic E-state index is 0.0710. The third-order valence-electron chi connectivity index (χ3n) is 7.28. The van der Waals surface area contributed by atoms with Gasteiger partial charge in [0.1, 0.15) is 11.6 Å². The van der Waals surface area contributed by atoms with E-state index in [0.29, 0.717) is 18.7 Å². The number of hydrogen-bond donors (Lipinski definition) is 3. The highest BCUT2D eigenvalue weighted by atomic mass is 19.1. The molecule has 3 rings (SSSR count). The fourth-order valence-corrected chi connectivity index (χ4v) is 5.53. The standard InChI is InChI=1S/C31H43F2N3O3/c1-20(37)35-28(16-23-14-26(32)17-27(33)15-23)29(39)19-34-30(24-9-11-36(12-10-24)21(2)38)25-8-6-7-22(13-25)18-31(3,4)5/h6-8,13-15,17,24,28-30,34,39H,9-12,16,18-19H2,1-5H3,(H,35,37). The molecule has 0 bridgehead atoms. The number of benzene rings is 2. The Morgan fingerprint density at radius 1 is 1.03 bits per heavy atom. The number of rotatable bonds is 10. The highest BCUT2D eigenvalue weighted by Crippen LogP contribution is 2.32. The van der Waals surface area contributed by atoms with Gasteiger partial charge in [0.15, 0.2) is 0 Å². The zero-order valence-corrected chi connectivity index (χ0v) is 23.8. The lowest BCUT2D eigenvalue weighted by Gasteiger charge is -2.37. The van der Waals surface area contributed by atoms with E-state index in [4.69, 9.17) is 0 Å². The first kappa shape index (κ1) is 30.7. The second-order valence-electron chi connectivity index (χ2n) is 12.1. The van der Waals surface area contributed by atoms with Crippen LogP contribution in [0.1, 0.15) is 70.2 Å². The average Bonchev–Trinajstić information content (AvgIpc) is 2.82. The van der Waals surface area contributed by atoms with Gasteiger partial charge >= 0.3 is 0 Å². The van der Waals surface area contributed by atoms with E-state index >= 15 is 0 Å². The third kappa shape index (κ3) is 9.69. The molecular formula is C31H43F2N3O3. The molecular weight excluding hydrogens is 500 g/mol. The van der Waals surface area contributed by atoms with Gasteiger partial charge in [0.05, 0.1) is 12.1 Å². The molecule has 0 radical (unpaired) electrons. The Hall–Kier alpha value is -2.84. The molecule has 2 amide bonds. The molecule has 1 heterocycles. The maximum absolute atomic E-state index is 13.8. The first-order valence-corrected chi connectivity index (χ1v) is 13.8. The molecule has 214 valence electrons. The summed E-state index contributed by atoms with van der Waals surface area (Å²) in [6.45, 7) is 11.1. The predicted molar refractivity (Wildman–Crippen MR) is 149 cm³/mol. The Bertz CT molecular complexity index is 1110. The van der Waals surface area contributed by atoms with Gasteiger partial charge in [0.25, 0.3) is 0 Å². The highest BCUT2D eigenvalue weighted by molar-refractivity contribution is 5.73. The lowest BCUT2D eigenvalue weighted by atomic mass is 9.83. The number of aliphatic hydroxyl groups excluding tert-OH is 1. The number of amides is 2. The van der Waals surface area contributed by atoms with E-state index in [1.807, 2.05) is 4.90 Å². The van der Waals surface area contributed by atoms with Crippen molar-refractivity contribution in [2.75, 3.05) is 19.6 Å². The molecule has 1 fully saturated rings. The molecule has 39 heavy (non-hydrogen) atoms. The molecule has 3 atom stereocenters. The van der Waals surface area contributed by atoms with Gasteiger partial charge in [-0.25, -0.2) is 8.78 Å². The Kier molecular flexibility index (Phi) is 10.6. The molecule has 3 N–H and O–H groups in total. The minimum Gasteiger partial charge on any atom is -0.390 e. The fraction of sp³-hybridized carbons (Fsp3) is 0.548. The van der Waals surface area contributed by atoms with E-state index in [1.54, 1.807) is 6.92 Å². The van der Waals surface area contributed by atoms with Gasteiger partial charge in [-0.2, -0.15) is 0 Å². The van der Waals surface area contributed by atoms with Gasteiger partial charge in [-0.05, 0) is 65.8 Å². The maximum atomic E-state index is 13.8. The van der Waals surface area contributed by atoms with Gasteiger partial charge in [0, 0.05) is 45.6 Å². The second-order valence-corrected chi connectivity index (χ2v) is 12.1. The number of hydrogen-bond acceptors (Lipinski definition) is 4. The van der Waals surface area contributed by atoms with Crippen molar-refractivity contribution in [1.82, 2.24) is 15.5 Å². The number of aliphatic hydroxyl groups is 1. The quantitative estimate of drug-likeness (QED) is 0.411. The Morgan fingerprint density at radius 3 is 2.23 bits per heavy atom. The van der Waals surface area contributed by atoms with Crippen LogP contribution < -0.4 is 10.6 Å². The number of carbonyl (C=O) groups is 2. The first-order valence-electron chi connectivity index (χ1n) is 13.8. The van der Waals surface area contributed by atoms with E-state index in [1.165, 1.54) is 24.6 Å². The van der Waals surface area contributed by atoms with Crippen LogP contribution in [0.5, 0.6) is 0 Å². The number of likely N-dealkylation sites (tertiary alicyclic amines) is 1. The number of carbonyl (C=O) groups excluding carboxylic acids is 2. The lowest BCUT2D eigenvalue weighted by Crippen LogP contribution is -2.49. The summed E-state index contributed by atoms with van der Waals surface area (Å²) < 4.78 is 27.6. The summed E-state index contributed by atoms with van der Waals surface area (Å²) in [6.07, 6.45) is 1.66. The van der Waals surface area contributed by atoms with Crippen LogP contribution in [0, 0.1) is 23.0 Å². The third-order valence-corrected chi connectivity index (χ3v) is 7.28. The van der Waals surface area contributed by atoms with Crippen molar-refractivity contribution in [1.29, 1.82) is 0 Å². The summed E-state index contributed by atoms with van der Waals surface area (Å²) in [5.41, 5.74) is 2.84. The molecule has 2 aromatic rings. The zero-order chi connectivity index (χ0) is 28.7. The van der Waals surface area contributed by atoms with Gasteiger partial charge in [-0.3, -0.25) is 9.59 Å². The Labute approximate surface area is 231 Å². The SMILES string of the molecule is CC(=O)NC(Cc1cc(F)cc(F)c1)C(O)CNC(c1cccc(CC(C)(C)C)c1)C1CCN(C(C)=O)CC1. The monoisotopic (exact) mass is 543 g/mol. The summed E-state index contributed by atoms with van der Waals surface area (Å²) in [7, 11) is 0. The highest BCUT2D eigenvalue weighted by Gasteiger charge is 2.30. The van der Waals surface area contributed by atoms with Crippen molar-refractivity contribution < 1.29 is 23.5 Å². The summed E-state index contributed by atoms with van der Waals surface area (Å²) in [6, 6.07) is 10.9. The van der Waals surface area contributed by atoms with Crippen LogP contribution in [0.25, 0.3) is 0 Å². The van der Waals surface area contributed by atoms with Crippen molar-refractivity contribution in [3.8, 4) is 0 Å². The molecule has 1 aliphatic heterocycles. The normalized spacial score (nSPS) is 17.0. The molecule has 2 aromatic carbocycles. The van der Waals surface area contributed by atoms with Crippen LogP contribution in [-0.4, -0.2) is 53.6 Å². The molecule has 1 aliphatic rings. The van der Waals surface area contributed by atoms with Crippen LogP contribution in [0.15, 0.2) is 42.5 Å². The van der Waals surface area contributed by atoms with E-state index in [0.717, 1.165) is 30.9 Å². The van der Waals surface area contributed by atoms with Crippen molar-refractivity contribution in [2.24, 2.45) is 11.3 Å². The molecule has 8 heteroatoms. The van der Waals surface area contributed by atoms with E-state index in [2.05, 4.69) is 55.7 Å². The van der Waals surface area contributed by atoms with Crippen molar-refractivity contribution in [2.45, 2.75) is 78.5 Å². The molecule has 6 nitrogen and oxygen atoms in total. The molecule has 0 spiro atoms. The van der Waals surface area contributed by atoms with Crippen LogP contribution >= 0.6 is 0 Å². The van der Waals surface area contributed by atoms with Crippen LogP contribution in [-0.2, 0) is 22.4 Å². The molecule has 3 unspecified atom stereocenters. The summed E-state index contributed by atoms with van der Waals surface area (Å²) in [4.78, 5) is 25.7. The Balaban J connectivity index is 1.80. The first-order chi connectivity index (χ1) is 18.3. The summed E-state index contributed by atoms with van der Waals surface area (Å²) in [5.74, 6) is -1.42. The van der Waals surface area contributed by atoms with Crippen molar-refractivity contribution in [3.05, 3.63) is 70.8 Å². The van der Waals surface area contributed by atoms with Crippen molar-refractivity contribution >= 4 is 11.8 Å². The number of nitrogens with zero attached hydrogens (tertiary/aromatic N) is 1. The maximum Gasteiger partial charge on any atom is 0.219 e. The number of piperidine rings is 1. The number of nitrogens with one attached hydrogen (secondary N) is 2. The van der Waals surface area contributed by atoms with Gasteiger partial charge in [-0.15, -0.1) is 0 Å². The topological polar surface area (TPSA) is 81.7 Å². The van der Waals surface area contributed by atoms with Gasteiger partial charge in [-0.1, -0.05) is 45.0 Å². The van der Waals surface area contributed by atoms with Gasteiger partial charge in [0.2, 0.25) is 11.8 Å². The van der Waals surface area contributed by atoms with E-state index in [-0.39, 0.29) is 42.2 Å². The van der Waals surface area contributed by atoms with E-state index in [9.17, 15) is 23.5 Å². The smallest absolute Gasteiger partial charge is 0.219 e. The zero-order valence-electron chi connectivity index (χ0n) is 23.8. The van der Waals surface area contributed by atoms with Crippen LogP contribution in [0.4, 0.5) is 8.78 Å². The Morgan fingerprint density at radius 2 is 1.67 bits per heavy atom. The van der Waals surface area contributed by atoms with E-state index < -0.39 is 23.8 Å². The minimum atomic E-state index is -1.00. The number of halogens is 2. The predicted octanol–water partition coefficient (Wildman–Crippen LogP) is 4.55. The summed E-state index contributed by atoms with van der Waals surface area (Å²) in [5, 5.41) is 17.5. The summed E-state index contributed by atoms with van der Waals surface area (Å²) >= 11 is 0. The largest absolute Gasteiger partial charge is 0.390 e. The lowest BCUT2D eigenvalue weighted by molar-refractivity contribution is -0.130. The van der Waals surface area contributed by atoms with Crippen LogP contribution in [0.3, 0.4) is 0 Å². The molecule has 0 saturated carbocycles. The van der Waals surface area contributed by atoms with Crippen molar-refractivity contribution in [3.63, 3.8) is 0 Å². The fourth-order valence-electron chi connectivity index (χ4n) is 5.53. The van der Waals surface area contributed by atoms with Gasteiger partial charge < -0.3 is 20.6 Å². The second kappa shape index (κ2) is 13.5. The molecule has 1 saturated heterocycles. The van der Waals surface area contributed by atoms with Crippen LogP contribution in [0.2, 0.25) is 0 Å². The molecule has 0 aliphatic carbocycles.